The maximum atomic E-state index is 15.1. The first-order valence-electron chi connectivity index (χ1n) is 16.1. The quantitative estimate of drug-likeness (QED) is 0.264. The molecule has 0 fully saturated rings. The van der Waals surface area contributed by atoms with Gasteiger partial charge in [0.2, 0.25) is 0 Å². The second kappa shape index (κ2) is 15.1. The molecule has 0 saturated carbocycles. The molecule has 0 aliphatic carbocycles. The highest BCUT2D eigenvalue weighted by Gasteiger charge is 2.32. The van der Waals surface area contributed by atoms with Crippen LogP contribution in [0.25, 0.3) is 0 Å². The Hall–Kier alpha value is -3.69. The number of unbranched alkanes of at least 4 members (excludes halogenated alkanes) is 1. The Labute approximate surface area is 268 Å². The van der Waals surface area contributed by atoms with Gasteiger partial charge in [0.25, 0.3) is 0 Å². The maximum absolute atomic E-state index is 15.1. The number of carbonyl (C=O) groups is 2. The molecule has 1 N–H and O–H groups in total. The van der Waals surface area contributed by atoms with Crippen LogP contribution < -0.4 is 20.6 Å². The van der Waals surface area contributed by atoms with Gasteiger partial charge in [-0.25, -0.2) is 19.2 Å². The van der Waals surface area contributed by atoms with Crippen molar-refractivity contribution in [2.45, 2.75) is 100 Å². The largest absolute Gasteiger partial charge is 0.460 e. The third-order valence-electron chi connectivity index (χ3n) is 7.54. The molecule has 9 nitrogen and oxygen atoms in total. The third kappa shape index (κ3) is 10.2. The Balaban J connectivity index is 1.84. The van der Waals surface area contributed by atoms with Gasteiger partial charge in [0.05, 0.1) is 11.6 Å². The number of amides is 2. The van der Waals surface area contributed by atoms with Crippen LogP contribution in [0.1, 0.15) is 93.6 Å². The van der Waals surface area contributed by atoms with Crippen LogP contribution in [0, 0.1) is 17.2 Å². The van der Waals surface area contributed by atoms with Crippen LogP contribution >= 0.6 is 0 Å². The molecule has 0 bridgehead atoms. The minimum absolute atomic E-state index is 0.0186. The van der Waals surface area contributed by atoms with E-state index in [-0.39, 0.29) is 23.0 Å². The van der Waals surface area contributed by atoms with Crippen LogP contribution in [0.3, 0.4) is 0 Å². The van der Waals surface area contributed by atoms with Gasteiger partial charge in [0, 0.05) is 62.1 Å². The Morgan fingerprint density at radius 1 is 1.22 bits per heavy atom. The maximum Gasteiger partial charge on any atom is 0.327 e. The zero-order valence-electron chi connectivity index (χ0n) is 29.0. The van der Waals surface area contributed by atoms with Crippen LogP contribution in [-0.4, -0.2) is 46.8 Å². The van der Waals surface area contributed by atoms with Crippen molar-refractivity contribution in [3.63, 3.8) is 0 Å². The number of hydrogen-bond donors (Lipinski definition) is 1. The number of halogens is 1. The molecule has 0 spiro atoms. The average molecular weight is 625 g/mol. The van der Waals surface area contributed by atoms with E-state index < -0.39 is 17.4 Å². The SMILES string of the molecule is CCC/C=C(\C)N=c1cc(F)c(NC(=O)N2CCc3c(N(CCC(CC)C(=O)OC(C)(C)C)CC(C)(C)C)ccnc32)cn1C. The van der Waals surface area contributed by atoms with Gasteiger partial charge in [0.1, 0.15) is 16.9 Å². The van der Waals surface area contributed by atoms with Gasteiger partial charge in [-0.3, -0.25) is 9.69 Å². The van der Waals surface area contributed by atoms with E-state index in [0.29, 0.717) is 43.7 Å². The van der Waals surface area contributed by atoms with Gasteiger partial charge in [-0.2, -0.15) is 0 Å². The van der Waals surface area contributed by atoms with Crippen molar-refractivity contribution < 1.29 is 18.7 Å². The van der Waals surface area contributed by atoms with Crippen LogP contribution in [0.15, 0.2) is 41.3 Å². The van der Waals surface area contributed by atoms with E-state index >= 15 is 4.39 Å². The summed E-state index contributed by atoms with van der Waals surface area (Å²) in [5, 5.41) is 2.74. The molecule has 2 aromatic heterocycles. The molecule has 248 valence electrons. The summed E-state index contributed by atoms with van der Waals surface area (Å²) in [5.41, 5.74) is 2.77. The van der Waals surface area contributed by atoms with Crippen LogP contribution in [0.4, 0.5) is 26.4 Å². The predicted octanol–water partition coefficient (Wildman–Crippen LogP) is 7.37. The van der Waals surface area contributed by atoms with Crippen LogP contribution in [0.2, 0.25) is 0 Å². The third-order valence-corrected chi connectivity index (χ3v) is 7.54. The molecule has 0 aromatic carbocycles. The van der Waals surface area contributed by atoms with E-state index in [2.05, 4.69) is 47.9 Å². The molecule has 1 aliphatic heterocycles. The van der Waals surface area contributed by atoms with E-state index in [9.17, 15) is 9.59 Å². The lowest BCUT2D eigenvalue weighted by atomic mass is 9.94. The van der Waals surface area contributed by atoms with E-state index in [1.165, 1.54) is 6.07 Å². The van der Waals surface area contributed by atoms with Crippen molar-refractivity contribution in [1.82, 2.24) is 9.55 Å². The summed E-state index contributed by atoms with van der Waals surface area (Å²) in [5.74, 6) is -0.378. The highest BCUT2D eigenvalue weighted by Crippen LogP contribution is 2.36. The molecule has 1 unspecified atom stereocenters. The van der Waals surface area contributed by atoms with E-state index in [1.807, 2.05) is 46.8 Å². The summed E-state index contributed by atoms with van der Waals surface area (Å²) in [6, 6.07) is 2.87. The number of ether oxygens (including phenoxy) is 1. The summed E-state index contributed by atoms with van der Waals surface area (Å²) in [7, 11) is 1.77. The fourth-order valence-electron chi connectivity index (χ4n) is 5.39. The number of aromatic nitrogens is 2. The standard InChI is InChI=1S/C35H53FN6O3/c1-11-13-14-24(3)38-30-21-27(36)28(22-40(30)10)39-33(44)42-20-17-26-29(15-18-37-31(26)42)41(23-34(4,5)6)19-16-25(12-2)32(43)45-35(7,8)9/h14-15,18,21-22,25H,11-13,16-17,19-20,23H2,1-10H3,(H,39,44)/b24-14+,38-30?. The Kier molecular flexibility index (Phi) is 12.0. The Morgan fingerprint density at radius 3 is 2.56 bits per heavy atom. The normalized spacial score (nSPS) is 14.8. The number of nitrogens with zero attached hydrogens (tertiary/aromatic N) is 5. The lowest BCUT2D eigenvalue weighted by Crippen LogP contribution is -2.37. The van der Waals surface area contributed by atoms with E-state index in [4.69, 9.17) is 4.74 Å². The molecule has 1 atom stereocenters. The van der Waals surface area contributed by atoms with Gasteiger partial charge in [-0.05, 0) is 64.9 Å². The van der Waals surface area contributed by atoms with E-state index in [1.54, 1.807) is 28.9 Å². The molecule has 2 aromatic rings. The highest BCUT2D eigenvalue weighted by molar-refractivity contribution is 6.03. The van der Waals surface area contributed by atoms with Crippen molar-refractivity contribution in [3.05, 3.63) is 53.2 Å². The van der Waals surface area contributed by atoms with Crippen molar-refractivity contribution in [1.29, 1.82) is 0 Å². The number of aryl methyl sites for hydroxylation is 1. The van der Waals surface area contributed by atoms with Crippen LogP contribution in [-0.2, 0) is 23.0 Å². The van der Waals surface area contributed by atoms with Gasteiger partial charge in [0.15, 0.2) is 5.82 Å². The second-order valence-electron chi connectivity index (χ2n) is 14.1. The number of pyridine rings is 2. The molecule has 1 aliphatic rings. The van der Waals surface area contributed by atoms with Crippen LogP contribution in [0.5, 0.6) is 0 Å². The number of allylic oxidation sites excluding steroid dienone is 2. The zero-order chi connectivity index (χ0) is 33.5. The van der Waals surface area contributed by atoms with Crippen molar-refractivity contribution in [3.8, 4) is 0 Å². The molecule has 10 heteroatoms. The fraction of sp³-hybridized carbons (Fsp3) is 0.600. The first-order chi connectivity index (χ1) is 21.0. The summed E-state index contributed by atoms with van der Waals surface area (Å²) >= 11 is 0. The molecule has 0 saturated heterocycles. The van der Waals surface area contributed by atoms with Gasteiger partial charge in [-0.1, -0.05) is 47.1 Å². The number of carbonyl (C=O) groups excluding carboxylic acids is 2. The molecular weight excluding hydrogens is 571 g/mol. The summed E-state index contributed by atoms with van der Waals surface area (Å²) in [4.78, 5) is 39.3. The van der Waals surface area contributed by atoms with E-state index in [0.717, 1.165) is 36.3 Å². The highest BCUT2D eigenvalue weighted by atomic mass is 19.1. The monoisotopic (exact) mass is 624 g/mol. The summed E-state index contributed by atoms with van der Waals surface area (Å²) < 4.78 is 22.5. The number of urea groups is 1. The zero-order valence-corrected chi connectivity index (χ0v) is 29.0. The molecule has 3 rings (SSSR count). The first kappa shape index (κ1) is 35.8. The number of hydrogen-bond acceptors (Lipinski definition) is 6. The van der Waals surface area contributed by atoms with Crippen molar-refractivity contribution >= 4 is 29.2 Å². The molecule has 3 heterocycles. The van der Waals surface area contributed by atoms with Crippen molar-refractivity contribution in [2.24, 2.45) is 23.4 Å². The second-order valence-corrected chi connectivity index (χ2v) is 14.1. The summed E-state index contributed by atoms with van der Waals surface area (Å²) in [6.07, 6.45) is 9.15. The molecule has 0 radical (unpaired) electrons. The number of esters is 1. The smallest absolute Gasteiger partial charge is 0.327 e. The van der Waals surface area contributed by atoms with Gasteiger partial charge >= 0.3 is 12.0 Å². The molecule has 45 heavy (non-hydrogen) atoms. The summed E-state index contributed by atoms with van der Waals surface area (Å²) in [6.45, 7) is 20.0. The number of nitrogens with one attached hydrogen (secondary N) is 1. The number of anilines is 3. The van der Waals surface area contributed by atoms with Gasteiger partial charge in [-0.15, -0.1) is 0 Å². The molecule has 2 amide bonds. The Bertz CT molecular complexity index is 1450. The minimum Gasteiger partial charge on any atom is -0.460 e. The first-order valence-corrected chi connectivity index (χ1v) is 16.1. The predicted molar refractivity (Wildman–Crippen MR) is 180 cm³/mol. The lowest BCUT2D eigenvalue weighted by Gasteiger charge is -2.34. The van der Waals surface area contributed by atoms with Gasteiger partial charge < -0.3 is 19.5 Å². The topological polar surface area (TPSA) is 92.1 Å². The molecular formula is C35H53FN6O3. The number of fused-ring (bicyclic) bond motifs is 1. The van der Waals surface area contributed by atoms with Crippen molar-refractivity contribution in [2.75, 3.05) is 34.8 Å². The number of rotatable bonds is 11. The average Bonchev–Trinajstić information content (AvgIpc) is 3.37. The lowest BCUT2D eigenvalue weighted by molar-refractivity contribution is -0.160. The fourth-order valence-corrected chi connectivity index (χ4v) is 5.39. The minimum atomic E-state index is -0.559. The Morgan fingerprint density at radius 2 is 1.93 bits per heavy atom.